The Kier molecular flexibility index (Phi) is 8.11. The van der Waals surface area contributed by atoms with Crippen molar-refractivity contribution in [1.82, 2.24) is 10.3 Å². The second-order valence-electron chi connectivity index (χ2n) is 7.57. The molecule has 1 aromatic carbocycles. The molecule has 0 unspecified atom stereocenters. The number of hydrogen-bond donors (Lipinski definition) is 2. The molecule has 3 rings (SSSR count). The summed E-state index contributed by atoms with van der Waals surface area (Å²) in [6.45, 7) is 2.05. The summed E-state index contributed by atoms with van der Waals surface area (Å²) in [5, 5.41) is 6.72. The molecule has 1 heterocycles. The molecule has 2 N–H and O–H groups in total. The van der Waals surface area contributed by atoms with Crippen LogP contribution in [0.1, 0.15) is 41.6 Å². The van der Waals surface area contributed by atoms with E-state index in [2.05, 4.69) is 26.6 Å². The molecule has 1 amide bonds. The Hall–Kier alpha value is -2.05. The van der Waals surface area contributed by atoms with Crippen molar-refractivity contribution in [1.29, 1.82) is 0 Å². The van der Waals surface area contributed by atoms with Gasteiger partial charge in [0.1, 0.15) is 11.6 Å². The first-order valence-electron chi connectivity index (χ1n) is 9.49. The van der Waals surface area contributed by atoms with Crippen LogP contribution in [0.3, 0.4) is 0 Å². The highest BCUT2D eigenvalue weighted by Crippen LogP contribution is 2.25. The highest BCUT2D eigenvalue weighted by molar-refractivity contribution is 6.31. The highest BCUT2D eigenvalue weighted by atomic mass is 35.5. The minimum Gasteiger partial charge on any atom is -0.377 e. The van der Waals surface area contributed by atoms with Crippen molar-refractivity contribution in [2.75, 3.05) is 24.3 Å². The zero-order chi connectivity index (χ0) is 20.3. The number of carbonyl (C=O) groups is 1. The molecule has 0 bridgehead atoms. The maximum Gasteiger partial charge on any atom is 0.251 e. The summed E-state index contributed by atoms with van der Waals surface area (Å²) in [5.74, 6) is 0.0815. The Balaban J connectivity index is 0.00000300. The first kappa shape index (κ1) is 23.2. The molecule has 29 heavy (non-hydrogen) atoms. The Morgan fingerprint density at radius 3 is 2.41 bits per heavy atom. The molecule has 1 saturated carbocycles. The number of rotatable bonds is 5. The highest BCUT2D eigenvalue weighted by Gasteiger charge is 2.23. The topological polar surface area (TPSA) is 57.3 Å². The lowest BCUT2D eigenvalue weighted by Gasteiger charge is -2.30. The van der Waals surface area contributed by atoms with Crippen molar-refractivity contribution >= 4 is 41.4 Å². The Bertz CT molecular complexity index is 834. The van der Waals surface area contributed by atoms with Crippen LogP contribution in [0.5, 0.6) is 0 Å². The average molecular weight is 441 g/mol. The molecule has 0 atom stereocenters. The third-order valence-electron chi connectivity index (χ3n) is 5.10. The summed E-state index contributed by atoms with van der Waals surface area (Å²) in [6, 6.07) is 6.35. The SMILES string of the molecule is Cc1cnc(N[C@H]2CC[C@@H](NC(=O)c3cc(F)cc(Cl)c3)CC2)cc1N(C)C.Cl. The van der Waals surface area contributed by atoms with Gasteiger partial charge in [-0.15, -0.1) is 12.4 Å². The second kappa shape index (κ2) is 10.1. The number of anilines is 2. The monoisotopic (exact) mass is 440 g/mol. The van der Waals surface area contributed by atoms with Gasteiger partial charge in [0.15, 0.2) is 0 Å². The van der Waals surface area contributed by atoms with E-state index in [0.29, 0.717) is 6.04 Å². The third kappa shape index (κ3) is 6.21. The van der Waals surface area contributed by atoms with E-state index in [0.717, 1.165) is 42.8 Å². The molecule has 0 spiro atoms. The molecule has 0 radical (unpaired) electrons. The fourth-order valence-electron chi connectivity index (χ4n) is 3.62. The maximum absolute atomic E-state index is 13.4. The lowest BCUT2D eigenvalue weighted by molar-refractivity contribution is 0.0926. The number of aromatic nitrogens is 1. The van der Waals surface area contributed by atoms with Gasteiger partial charge >= 0.3 is 0 Å². The van der Waals surface area contributed by atoms with E-state index >= 15 is 0 Å². The quantitative estimate of drug-likeness (QED) is 0.699. The smallest absolute Gasteiger partial charge is 0.251 e. The van der Waals surface area contributed by atoms with Crippen LogP contribution >= 0.6 is 24.0 Å². The van der Waals surface area contributed by atoms with Crippen LogP contribution in [0.15, 0.2) is 30.5 Å². The van der Waals surface area contributed by atoms with Gasteiger partial charge in [0, 0.05) is 54.7 Å². The number of nitrogens with one attached hydrogen (secondary N) is 2. The number of carbonyl (C=O) groups excluding carboxylic acids is 1. The molecule has 0 saturated heterocycles. The molecule has 1 aromatic heterocycles. The molecular formula is C21H27Cl2FN4O. The van der Waals surface area contributed by atoms with Crippen molar-refractivity contribution in [3.05, 3.63) is 52.4 Å². The second-order valence-corrected chi connectivity index (χ2v) is 8.01. The van der Waals surface area contributed by atoms with Gasteiger partial charge in [-0.2, -0.15) is 0 Å². The molecule has 1 aliphatic rings. The first-order chi connectivity index (χ1) is 13.3. The van der Waals surface area contributed by atoms with Gasteiger partial charge < -0.3 is 15.5 Å². The van der Waals surface area contributed by atoms with Crippen molar-refractivity contribution < 1.29 is 9.18 Å². The molecular weight excluding hydrogens is 414 g/mol. The molecule has 1 aliphatic carbocycles. The molecule has 1 fully saturated rings. The number of pyridine rings is 1. The van der Waals surface area contributed by atoms with Crippen LogP contribution in [0.4, 0.5) is 15.9 Å². The summed E-state index contributed by atoms with van der Waals surface area (Å²) < 4.78 is 13.4. The number of halogens is 3. The fourth-order valence-corrected chi connectivity index (χ4v) is 3.84. The van der Waals surface area contributed by atoms with E-state index in [-0.39, 0.29) is 34.9 Å². The van der Waals surface area contributed by atoms with Gasteiger partial charge in [-0.25, -0.2) is 9.37 Å². The number of hydrogen-bond acceptors (Lipinski definition) is 4. The van der Waals surface area contributed by atoms with Crippen LogP contribution in [0.25, 0.3) is 0 Å². The van der Waals surface area contributed by atoms with E-state index in [9.17, 15) is 9.18 Å². The zero-order valence-corrected chi connectivity index (χ0v) is 18.4. The Morgan fingerprint density at radius 2 is 1.79 bits per heavy atom. The van der Waals surface area contributed by atoms with Crippen LogP contribution < -0.4 is 15.5 Å². The number of amides is 1. The third-order valence-corrected chi connectivity index (χ3v) is 5.31. The van der Waals surface area contributed by atoms with Crippen molar-refractivity contribution in [2.24, 2.45) is 0 Å². The van der Waals surface area contributed by atoms with E-state index in [4.69, 9.17) is 11.6 Å². The van der Waals surface area contributed by atoms with E-state index in [1.165, 1.54) is 18.2 Å². The van der Waals surface area contributed by atoms with Gasteiger partial charge in [-0.1, -0.05) is 11.6 Å². The van der Waals surface area contributed by atoms with Crippen molar-refractivity contribution in [2.45, 2.75) is 44.7 Å². The summed E-state index contributed by atoms with van der Waals surface area (Å²) in [6.07, 6.45) is 5.47. The van der Waals surface area contributed by atoms with E-state index in [1.807, 2.05) is 27.2 Å². The van der Waals surface area contributed by atoms with Gasteiger partial charge in [0.2, 0.25) is 0 Å². The van der Waals surface area contributed by atoms with Crippen LogP contribution in [-0.2, 0) is 0 Å². The summed E-state index contributed by atoms with van der Waals surface area (Å²) in [4.78, 5) is 18.9. The summed E-state index contributed by atoms with van der Waals surface area (Å²) in [7, 11) is 4.04. The van der Waals surface area contributed by atoms with Crippen molar-refractivity contribution in [3.63, 3.8) is 0 Å². The van der Waals surface area contributed by atoms with Crippen molar-refractivity contribution in [3.8, 4) is 0 Å². The average Bonchev–Trinajstić information content (AvgIpc) is 2.64. The van der Waals surface area contributed by atoms with Gasteiger partial charge in [0.25, 0.3) is 5.91 Å². The lowest BCUT2D eigenvalue weighted by Crippen LogP contribution is -2.40. The molecule has 0 aliphatic heterocycles. The summed E-state index contributed by atoms with van der Waals surface area (Å²) in [5.41, 5.74) is 2.54. The Morgan fingerprint density at radius 1 is 1.14 bits per heavy atom. The van der Waals surface area contributed by atoms with Crippen LogP contribution in [0, 0.1) is 12.7 Å². The van der Waals surface area contributed by atoms with E-state index < -0.39 is 5.82 Å². The van der Waals surface area contributed by atoms with Gasteiger partial charge in [-0.3, -0.25) is 4.79 Å². The van der Waals surface area contributed by atoms with Crippen LogP contribution in [0.2, 0.25) is 5.02 Å². The lowest BCUT2D eigenvalue weighted by atomic mass is 9.91. The number of benzene rings is 1. The normalized spacial score (nSPS) is 18.5. The van der Waals surface area contributed by atoms with Crippen LogP contribution in [-0.4, -0.2) is 37.1 Å². The number of nitrogens with zero attached hydrogens (tertiary/aromatic N) is 2. The number of aryl methyl sites for hydroxylation is 1. The van der Waals surface area contributed by atoms with Gasteiger partial charge in [-0.05, 0) is 56.4 Å². The van der Waals surface area contributed by atoms with Gasteiger partial charge in [0.05, 0.1) is 0 Å². The predicted octanol–water partition coefficient (Wildman–Crippen LogP) is 4.82. The zero-order valence-electron chi connectivity index (χ0n) is 16.8. The first-order valence-corrected chi connectivity index (χ1v) is 9.87. The predicted molar refractivity (Wildman–Crippen MR) is 119 cm³/mol. The molecule has 5 nitrogen and oxygen atoms in total. The standard InChI is InChI=1S/C21H26ClFN4O.ClH/c1-13-12-24-20(11-19(13)27(2)3)25-17-4-6-18(7-5-17)26-21(28)14-8-15(22)10-16(23)9-14;/h8-12,17-18H,4-7H2,1-3H3,(H,24,25)(H,26,28);1H/t17-,18+;. The fraction of sp³-hybridized carbons (Fsp3) is 0.429. The van der Waals surface area contributed by atoms with E-state index in [1.54, 1.807) is 0 Å². The summed E-state index contributed by atoms with van der Waals surface area (Å²) >= 11 is 5.84. The molecule has 2 aromatic rings. The largest absolute Gasteiger partial charge is 0.377 e. The maximum atomic E-state index is 13.4. The molecule has 158 valence electrons. The minimum absolute atomic E-state index is 0. The minimum atomic E-state index is -0.506. The Labute approximate surface area is 182 Å². The molecule has 8 heteroatoms.